The van der Waals surface area contributed by atoms with Crippen molar-refractivity contribution in [3.05, 3.63) is 58.8 Å². The van der Waals surface area contributed by atoms with Gasteiger partial charge >= 0.3 is 6.09 Å². The van der Waals surface area contributed by atoms with Gasteiger partial charge < -0.3 is 9.30 Å². The molecule has 4 rings (SSSR count). The predicted molar refractivity (Wildman–Crippen MR) is 141 cm³/mol. The van der Waals surface area contributed by atoms with Crippen LogP contribution in [0.25, 0.3) is 22.1 Å². The van der Waals surface area contributed by atoms with Crippen LogP contribution in [0.15, 0.2) is 52.4 Å². The molecular formula is C24H27N5O4S3. The Hall–Kier alpha value is -3.09. The highest BCUT2D eigenvalue weighted by atomic mass is 32.2. The van der Waals surface area contributed by atoms with Gasteiger partial charge in [0.1, 0.15) is 5.69 Å². The maximum Gasteiger partial charge on any atom is 0.421 e. The van der Waals surface area contributed by atoms with Gasteiger partial charge in [-0.1, -0.05) is 44.5 Å². The second-order valence-electron chi connectivity index (χ2n) is 8.00. The average Bonchev–Trinajstić information content (AvgIpc) is 3.61. The Labute approximate surface area is 218 Å². The summed E-state index contributed by atoms with van der Waals surface area (Å²) < 4.78 is 35.1. The van der Waals surface area contributed by atoms with E-state index in [-0.39, 0.29) is 10.8 Å². The number of nitrogens with one attached hydrogen (secondary N) is 1. The Kier molecular flexibility index (Phi) is 8.49. The maximum atomic E-state index is 13.1. The third kappa shape index (κ3) is 6.18. The number of aromatic nitrogens is 4. The lowest BCUT2D eigenvalue weighted by Gasteiger charge is -2.09. The standard InChI is InChI=1S/C24H27N5O4S3/c1-3-5-14-33-24(30)28-36(31,32)23-20(27-19(35-23)6-4-2)18-9-7-17(8-10-18)16-29-13-11-25-21(29)22-26-12-15-34-22/h7-13,15H,3-6,14,16H2,1-2H3,(H,28,30). The first-order chi connectivity index (χ1) is 17.4. The van der Waals surface area contributed by atoms with Crippen LogP contribution in [0.3, 0.4) is 0 Å². The zero-order chi connectivity index (χ0) is 25.5. The second kappa shape index (κ2) is 11.8. The van der Waals surface area contributed by atoms with Crippen LogP contribution in [0.2, 0.25) is 0 Å². The van der Waals surface area contributed by atoms with E-state index in [1.807, 2.05) is 59.0 Å². The Morgan fingerprint density at radius 2 is 1.92 bits per heavy atom. The molecule has 4 aromatic rings. The average molecular weight is 546 g/mol. The molecule has 3 aromatic heterocycles. The van der Waals surface area contributed by atoms with Crippen LogP contribution < -0.4 is 4.72 Å². The lowest BCUT2D eigenvalue weighted by Crippen LogP contribution is -2.31. The number of sulfonamides is 1. The topological polar surface area (TPSA) is 116 Å². The number of unbranched alkanes of at least 4 members (excludes halogenated alkanes) is 1. The zero-order valence-electron chi connectivity index (χ0n) is 20.0. The number of ether oxygens (including phenoxy) is 1. The van der Waals surface area contributed by atoms with Crippen LogP contribution in [0.1, 0.15) is 43.7 Å². The summed E-state index contributed by atoms with van der Waals surface area (Å²) in [6, 6.07) is 7.56. The molecule has 0 bridgehead atoms. The van der Waals surface area contributed by atoms with E-state index in [0.717, 1.165) is 40.6 Å². The highest BCUT2D eigenvalue weighted by molar-refractivity contribution is 7.92. The normalized spacial score (nSPS) is 11.5. The van der Waals surface area contributed by atoms with Crippen LogP contribution in [-0.4, -0.2) is 40.6 Å². The number of aryl methyl sites for hydroxylation is 1. The van der Waals surface area contributed by atoms with Crippen molar-refractivity contribution in [2.75, 3.05) is 6.61 Å². The summed E-state index contributed by atoms with van der Waals surface area (Å²) in [5.74, 6) is 0.795. The minimum atomic E-state index is -4.14. The molecule has 0 saturated carbocycles. The van der Waals surface area contributed by atoms with Gasteiger partial charge in [-0.25, -0.2) is 32.9 Å². The van der Waals surface area contributed by atoms with Crippen LogP contribution in [0, 0.1) is 0 Å². The van der Waals surface area contributed by atoms with Crippen molar-refractivity contribution in [3.8, 4) is 22.1 Å². The number of benzene rings is 1. The molecule has 0 saturated heterocycles. The Bertz CT molecular complexity index is 1390. The number of carbonyl (C=O) groups excluding carboxylic acids is 1. The quantitative estimate of drug-likeness (QED) is 0.253. The van der Waals surface area contributed by atoms with Crippen molar-refractivity contribution in [3.63, 3.8) is 0 Å². The number of thiazole rings is 2. The molecule has 0 spiro atoms. The molecule has 0 aliphatic carbocycles. The van der Waals surface area contributed by atoms with E-state index < -0.39 is 16.1 Å². The number of amides is 1. The van der Waals surface area contributed by atoms with E-state index in [4.69, 9.17) is 4.74 Å². The van der Waals surface area contributed by atoms with Crippen LogP contribution in [0.4, 0.5) is 4.79 Å². The summed E-state index contributed by atoms with van der Waals surface area (Å²) in [7, 11) is -4.14. The SMILES string of the molecule is CCCCOC(=O)NS(=O)(=O)c1sc(CCC)nc1-c1ccc(Cn2ccnc2-c2nccs2)cc1. The largest absolute Gasteiger partial charge is 0.449 e. The minimum Gasteiger partial charge on any atom is -0.449 e. The van der Waals surface area contributed by atoms with Crippen molar-refractivity contribution in [2.24, 2.45) is 0 Å². The predicted octanol–water partition coefficient (Wildman–Crippen LogP) is 5.35. The van der Waals surface area contributed by atoms with Gasteiger partial charge in [-0.05, 0) is 24.8 Å². The van der Waals surface area contributed by atoms with E-state index in [9.17, 15) is 13.2 Å². The van der Waals surface area contributed by atoms with Gasteiger partial charge in [0.05, 0.1) is 11.6 Å². The molecule has 1 amide bonds. The van der Waals surface area contributed by atoms with Crippen LogP contribution >= 0.6 is 22.7 Å². The van der Waals surface area contributed by atoms with Gasteiger partial charge in [-0.15, -0.1) is 22.7 Å². The smallest absolute Gasteiger partial charge is 0.421 e. The molecule has 3 heterocycles. The molecular weight excluding hydrogens is 518 g/mol. The molecule has 1 N–H and O–H groups in total. The molecule has 1 aromatic carbocycles. The van der Waals surface area contributed by atoms with Gasteiger partial charge in [0.25, 0.3) is 10.0 Å². The summed E-state index contributed by atoms with van der Waals surface area (Å²) in [6.45, 7) is 4.71. The van der Waals surface area contributed by atoms with E-state index in [1.165, 1.54) is 11.3 Å². The van der Waals surface area contributed by atoms with Gasteiger partial charge in [0.15, 0.2) is 15.0 Å². The first-order valence-electron chi connectivity index (χ1n) is 11.6. The summed E-state index contributed by atoms with van der Waals surface area (Å²) in [5.41, 5.74) is 2.00. The third-order valence-electron chi connectivity index (χ3n) is 5.22. The van der Waals surface area contributed by atoms with E-state index in [1.54, 1.807) is 12.4 Å². The van der Waals surface area contributed by atoms with Crippen molar-refractivity contribution >= 4 is 38.8 Å². The van der Waals surface area contributed by atoms with Crippen LogP contribution in [-0.2, 0) is 27.7 Å². The number of imidazole rings is 1. The summed E-state index contributed by atoms with van der Waals surface area (Å²) >= 11 is 2.60. The zero-order valence-corrected chi connectivity index (χ0v) is 22.5. The molecule has 0 fully saturated rings. The highest BCUT2D eigenvalue weighted by Gasteiger charge is 2.27. The number of rotatable bonds is 11. The molecule has 0 unspecified atom stereocenters. The fraction of sp³-hybridized carbons (Fsp3) is 0.333. The lowest BCUT2D eigenvalue weighted by molar-refractivity contribution is 0.151. The molecule has 9 nitrogen and oxygen atoms in total. The molecule has 190 valence electrons. The van der Waals surface area contributed by atoms with E-state index >= 15 is 0 Å². The van der Waals surface area contributed by atoms with Crippen molar-refractivity contribution in [1.82, 2.24) is 24.2 Å². The van der Waals surface area contributed by atoms with Gasteiger partial charge in [0, 0.05) is 36.1 Å². The summed E-state index contributed by atoms with van der Waals surface area (Å²) in [4.78, 5) is 25.4. The van der Waals surface area contributed by atoms with Crippen molar-refractivity contribution in [2.45, 2.75) is 50.3 Å². The number of carbonyl (C=O) groups is 1. The molecule has 0 aliphatic rings. The minimum absolute atomic E-state index is 0.00630. The first kappa shape index (κ1) is 26.0. The number of hydrogen-bond donors (Lipinski definition) is 1. The van der Waals surface area contributed by atoms with E-state index in [2.05, 4.69) is 15.0 Å². The second-order valence-corrected chi connectivity index (χ2v) is 11.9. The number of hydrogen-bond acceptors (Lipinski definition) is 9. The number of nitrogens with zero attached hydrogens (tertiary/aromatic N) is 4. The van der Waals surface area contributed by atoms with E-state index in [0.29, 0.717) is 35.7 Å². The van der Waals surface area contributed by atoms with Gasteiger partial charge in [-0.2, -0.15) is 0 Å². The highest BCUT2D eigenvalue weighted by Crippen LogP contribution is 2.33. The molecule has 12 heteroatoms. The first-order valence-corrected chi connectivity index (χ1v) is 14.8. The monoisotopic (exact) mass is 545 g/mol. The van der Waals surface area contributed by atoms with Crippen LogP contribution in [0.5, 0.6) is 0 Å². The maximum absolute atomic E-state index is 13.1. The Balaban J connectivity index is 1.57. The molecule has 0 atom stereocenters. The molecule has 36 heavy (non-hydrogen) atoms. The summed E-state index contributed by atoms with van der Waals surface area (Å²) in [5, 5.41) is 3.45. The Morgan fingerprint density at radius 1 is 1.11 bits per heavy atom. The molecule has 0 radical (unpaired) electrons. The van der Waals surface area contributed by atoms with Crippen molar-refractivity contribution in [1.29, 1.82) is 0 Å². The molecule has 0 aliphatic heterocycles. The lowest BCUT2D eigenvalue weighted by atomic mass is 10.1. The van der Waals surface area contributed by atoms with Crippen molar-refractivity contribution < 1.29 is 17.9 Å². The summed E-state index contributed by atoms with van der Waals surface area (Å²) in [6.07, 6.45) is 7.38. The van der Waals surface area contributed by atoms with Gasteiger partial charge in [0.2, 0.25) is 0 Å². The van der Waals surface area contributed by atoms with Gasteiger partial charge in [-0.3, -0.25) is 0 Å². The Morgan fingerprint density at radius 3 is 2.61 bits per heavy atom. The fourth-order valence-corrected chi connectivity index (χ4v) is 6.67. The third-order valence-corrected chi connectivity index (χ3v) is 8.92. The fourth-order valence-electron chi connectivity index (χ4n) is 3.46.